The Kier molecular flexibility index (Phi) is 7.60. The van der Waals surface area contributed by atoms with Crippen molar-refractivity contribution in [3.8, 4) is 33.4 Å². The molecule has 0 radical (unpaired) electrons. The van der Waals surface area contributed by atoms with Crippen LogP contribution in [0.15, 0.2) is 222 Å². The zero-order valence-electron chi connectivity index (χ0n) is 34.3. The van der Waals surface area contributed by atoms with E-state index in [1.807, 2.05) is 12.1 Å². The molecule has 1 aromatic heterocycles. The lowest BCUT2D eigenvalue weighted by Gasteiger charge is -2.34. The van der Waals surface area contributed by atoms with E-state index in [1.54, 1.807) is 0 Å². The Morgan fingerprint density at radius 3 is 1.85 bits per heavy atom. The first-order chi connectivity index (χ1) is 30.7. The average molecular weight is 792 g/mol. The van der Waals surface area contributed by atoms with Crippen LogP contribution in [0, 0.1) is 5.92 Å². The van der Waals surface area contributed by atoms with Gasteiger partial charge in [0.25, 0.3) is 0 Å². The second-order valence-electron chi connectivity index (χ2n) is 17.2. The molecule has 0 aliphatic heterocycles. The Labute approximate surface area is 361 Å². The lowest BCUT2D eigenvalue weighted by atomic mass is 9.67. The van der Waals surface area contributed by atoms with Crippen molar-refractivity contribution in [1.29, 1.82) is 0 Å². The van der Waals surface area contributed by atoms with Gasteiger partial charge in [-0.2, -0.15) is 0 Å². The third kappa shape index (κ3) is 4.92. The van der Waals surface area contributed by atoms with Crippen molar-refractivity contribution in [2.75, 3.05) is 4.90 Å². The van der Waals surface area contributed by atoms with Crippen molar-refractivity contribution in [2.24, 2.45) is 5.92 Å². The van der Waals surface area contributed by atoms with E-state index in [1.165, 1.54) is 66.4 Å². The summed E-state index contributed by atoms with van der Waals surface area (Å²) in [6, 6.07) is 73.6. The number of nitrogens with zero attached hydrogens (tertiary/aromatic N) is 1. The minimum absolute atomic E-state index is 0.382. The number of benzene rings is 9. The van der Waals surface area contributed by atoms with E-state index in [2.05, 4.69) is 212 Å². The summed E-state index contributed by atoms with van der Waals surface area (Å²) in [5.74, 6) is 0.502. The maximum absolute atomic E-state index is 6.46. The first-order valence-electron chi connectivity index (χ1n) is 21.8. The van der Waals surface area contributed by atoms with E-state index in [-0.39, 0.29) is 5.41 Å². The first-order valence-corrected chi connectivity index (χ1v) is 21.8. The third-order valence-corrected chi connectivity index (χ3v) is 13.8. The topological polar surface area (TPSA) is 16.4 Å². The molecule has 2 heteroatoms. The lowest BCUT2D eigenvalue weighted by Crippen LogP contribution is -2.28. The summed E-state index contributed by atoms with van der Waals surface area (Å²) in [7, 11) is 0. The largest absolute Gasteiger partial charge is 0.455 e. The number of para-hydroxylation sites is 2. The zero-order valence-corrected chi connectivity index (χ0v) is 34.3. The van der Waals surface area contributed by atoms with E-state index in [9.17, 15) is 0 Å². The Bertz CT molecular complexity index is 3510. The second kappa shape index (κ2) is 13.4. The molecule has 292 valence electrons. The van der Waals surface area contributed by atoms with E-state index < -0.39 is 0 Å². The van der Waals surface area contributed by atoms with Crippen LogP contribution >= 0.6 is 0 Å². The highest BCUT2D eigenvalue weighted by Crippen LogP contribution is 2.65. The predicted molar refractivity (Wildman–Crippen MR) is 258 cm³/mol. The molecule has 0 bridgehead atoms. The molecule has 0 saturated carbocycles. The molecule has 10 aromatic rings. The lowest BCUT2D eigenvalue weighted by molar-refractivity contribution is 0.670. The fourth-order valence-corrected chi connectivity index (χ4v) is 11.2. The van der Waals surface area contributed by atoms with Crippen LogP contribution in [0.25, 0.3) is 71.7 Å². The van der Waals surface area contributed by atoms with Gasteiger partial charge < -0.3 is 9.32 Å². The van der Waals surface area contributed by atoms with Crippen molar-refractivity contribution >= 4 is 55.3 Å². The Balaban J connectivity index is 0.962. The molecule has 0 saturated heterocycles. The number of furan rings is 1. The zero-order chi connectivity index (χ0) is 40.9. The van der Waals surface area contributed by atoms with Crippen molar-refractivity contribution < 1.29 is 4.42 Å². The molecule has 9 aromatic carbocycles. The molecule has 3 aliphatic carbocycles. The maximum Gasteiger partial charge on any atom is 0.143 e. The normalized spacial score (nSPS) is 17.1. The van der Waals surface area contributed by atoms with Gasteiger partial charge in [0.15, 0.2) is 0 Å². The quantitative estimate of drug-likeness (QED) is 0.173. The van der Waals surface area contributed by atoms with Crippen LogP contribution < -0.4 is 4.90 Å². The summed E-state index contributed by atoms with van der Waals surface area (Å²) < 4.78 is 6.46. The van der Waals surface area contributed by atoms with Gasteiger partial charge in [0.05, 0.1) is 11.1 Å². The summed E-state index contributed by atoms with van der Waals surface area (Å²) in [6.07, 6.45) is 5.94. The highest BCUT2D eigenvalue weighted by atomic mass is 16.3. The van der Waals surface area contributed by atoms with Gasteiger partial charge in [-0.3, -0.25) is 0 Å². The van der Waals surface area contributed by atoms with Gasteiger partial charge in [0.2, 0.25) is 0 Å². The molecule has 62 heavy (non-hydrogen) atoms. The van der Waals surface area contributed by atoms with E-state index >= 15 is 0 Å². The van der Waals surface area contributed by atoms with Crippen LogP contribution in [-0.2, 0) is 5.41 Å². The van der Waals surface area contributed by atoms with Crippen LogP contribution in [-0.4, -0.2) is 0 Å². The van der Waals surface area contributed by atoms with Crippen LogP contribution in [0.1, 0.15) is 35.6 Å². The van der Waals surface area contributed by atoms with Gasteiger partial charge in [-0.05, 0) is 115 Å². The Morgan fingerprint density at radius 1 is 0.484 bits per heavy atom. The molecular weight excluding hydrogens is 751 g/mol. The van der Waals surface area contributed by atoms with Crippen LogP contribution in [0.3, 0.4) is 0 Å². The summed E-state index contributed by atoms with van der Waals surface area (Å²) >= 11 is 0. The summed E-state index contributed by atoms with van der Waals surface area (Å²) in [4.78, 5) is 2.41. The highest BCUT2D eigenvalue weighted by molar-refractivity contribution is 6.10. The van der Waals surface area contributed by atoms with Gasteiger partial charge >= 0.3 is 0 Å². The number of fused-ring (bicyclic) bond motifs is 13. The number of anilines is 3. The Morgan fingerprint density at radius 2 is 1.05 bits per heavy atom. The maximum atomic E-state index is 6.46. The highest BCUT2D eigenvalue weighted by Gasteiger charge is 2.53. The number of rotatable bonds is 5. The summed E-state index contributed by atoms with van der Waals surface area (Å²) in [6.45, 7) is 2.34. The molecule has 0 N–H and O–H groups in total. The number of hydrogen-bond acceptors (Lipinski definition) is 2. The number of hydrogen-bond donors (Lipinski definition) is 0. The molecule has 0 amide bonds. The van der Waals surface area contributed by atoms with Gasteiger partial charge in [-0.25, -0.2) is 0 Å². The molecule has 0 fully saturated rings. The smallest absolute Gasteiger partial charge is 0.143 e. The van der Waals surface area contributed by atoms with Gasteiger partial charge in [0, 0.05) is 33.1 Å². The standard InChI is InChI=1S/C60H41NO/c1-38-27-36-55-52(37-38)48-17-5-8-24-54(48)60(55)53-23-7-4-16-47(53)50-21-11-19-45(58(50)60)40-28-32-42(33-29-40)61(56-25-10-14-39-13-2-3-15-44(39)56)43-34-30-41(31-35-43)46-20-12-22-51-49-18-6-9-26-57(49)62-59(46)51/h2-36,38H,37H2,1H3. The average Bonchev–Trinajstić information content (AvgIpc) is 3.96. The molecule has 2 unspecified atom stereocenters. The second-order valence-corrected chi connectivity index (χ2v) is 17.2. The van der Waals surface area contributed by atoms with Crippen LogP contribution in [0.4, 0.5) is 17.1 Å². The van der Waals surface area contributed by atoms with Crippen molar-refractivity contribution in [2.45, 2.75) is 18.8 Å². The van der Waals surface area contributed by atoms with E-state index in [0.717, 1.165) is 56.5 Å². The third-order valence-electron chi connectivity index (χ3n) is 13.8. The summed E-state index contributed by atoms with van der Waals surface area (Å²) in [5, 5.41) is 4.69. The summed E-state index contributed by atoms with van der Waals surface area (Å²) in [5.41, 5.74) is 20.7. The van der Waals surface area contributed by atoms with Crippen LogP contribution in [0.5, 0.6) is 0 Å². The van der Waals surface area contributed by atoms with Crippen LogP contribution in [0.2, 0.25) is 0 Å². The molecule has 1 spiro atoms. The van der Waals surface area contributed by atoms with Crippen molar-refractivity contribution in [3.63, 3.8) is 0 Å². The Hall–Kier alpha value is -7.68. The molecule has 1 heterocycles. The van der Waals surface area contributed by atoms with Crippen molar-refractivity contribution in [1.82, 2.24) is 0 Å². The monoisotopic (exact) mass is 791 g/mol. The van der Waals surface area contributed by atoms with Gasteiger partial charge in [0.1, 0.15) is 11.2 Å². The van der Waals surface area contributed by atoms with Gasteiger partial charge in [-0.1, -0.05) is 183 Å². The SMILES string of the molecule is CC1C=CC2=C(C1)c1ccccc1C21c2ccccc2-c2cccc(-c3ccc(N(c4ccc(-c5cccc6c5oc5ccccc56)cc4)c4cccc5ccccc45)cc3)c21. The van der Waals surface area contributed by atoms with E-state index in [4.69, 9.17) is 4.42 Å². The fraction of sp³-hybridized carbons (Fsp3) is 0.0667. The minimum atomic E-state index is -0.382. The molecule has 13 rings (SSSR count). The first kappa shape index (κ1) is 35.1. The number of allylic oxidation sites excluding steroid dienone is 4. The molecule has 2 nitrogen and oxygen atoms in total. The predicted octanol–water partition coefficient (Wildman–Crippen LogP) is 16.2. The molecular formula is C60H41NO. The minimum Gasteiger partial charge on any atom is -0.455 e. The molecule has 2 atom stereocenters. The fourth-order valence-electron chi connectivity index (χ4n) is 11.2. The molecule has 3 aliphatic rings. The van der Waals surface area contributed by atoms with Gasteiger partial charge in [-0.15, -0.1) is 0 Å². The van der Waals surface area contributed by atoms with E-state index in [0.29, 0.717) is 5.92 Å². The van der Waals surface area contributed by atoms with Crippen molar-refractivity contribution in [3.05, 3.63) is 240 Å².